The molecule has 0 aromatic carbocycles. The summed E-state index contributed by atoms with van der Waals surface area (Å²) in [5.41, 5.74) is 6.13. The molecule has 1 atom stereocenters. The Balaban J connectivity index is 2.27. The SMILES string of the molecule is C/C=C/c1c(CC)c2n3c1CCC3CC=C2. The third kappa shape index (κ3) is 1.17. The van der Waals surface area contributed by atoms with Gasteiger partial charge in [0.05, 0.1) is 0 Å². The highest BCUT2D eigenvalue weighted by atomic mass is 15.1. The van der Waals surface area contributed by atoms with E-state index in [1.165, 1.54) is 30.5 Å². The van der Waals surface area contributed by atoms with Crippen LogP contribution in [0.4, 0.5) is 0 Å². The van der Waals surface area contributed by atoms with Gasteiger partial charge in [-0.05, 0) is 49.8 Å². The number of nitrogens with zero attached hydrogens (tertiary/aromatic N) is 1. The lowest BCUT2D eigenvalue weighted by Gasteiger charge is -2.18. The van der Waals surface area contributed by atoms with E-state index >= 15 is 0 Å². The summed E-state index contributed by atoms with van der Waals surface area (Å²) in [4.78, 5) is 0. The molecule has 0 N–H and O–H groups in total. The van der Waals surface area contributed by atoms with Crippen molar-refractivity contribution >= 4 is 12.2 Å². The zero-order valence-corrected chi connectivity index (χ0v) is 10.2. The smallest absolute Gasteiger partial charge is 0.0447 e. The molecule has 0 saturated carbocycles. The van der Waals surface area contributed by atoms with Gasteiger partial charge in [0.15, 0.2) is 0 Å². The molecule has 1 aromatic rings. The zero-order valence-electron chi connectivity index (χ0n) is 10.2. The minimum atomic E-state index is 0.749. The maximum atomic E-state index is 2.61. The molecule has 3 heterocycles. The summed E-state index contributed by atoms with van der Waals surface area (Å²) in [5, 5.41) is 0. The van der Waals surface area contributed by atoms with Crippen molar-refractivity contribution in [2.45, 2.75) is 45.6 Å². The van der Waals surface area contributed by atoms with E-state index < -0.39 is 0 Å². The molecule has 0 spiro atoms. The van der Waals surface area contributed by atoms with Crippen LogP contribution in [0.1, 0.15) is 55.2 Å². The van der Waals surface area contributed by atoms with E-state index in [0.29, 0.717) is 0 Å². The normalized spacial score (nSPS) is 22.0. The Morgan fingerprint density at radius 3 is 3.12 bits per heavy atom. The Morgan fingerprint density at radius 2 is 2.38 bits per heavy atom. The Hall–Kier alpha value is -1.24. The maximum absolute atomic E-state index is 2.61. The van der Waals surface area contributed by atoms with Crippen molar-refractivity contribution in [3.05, 3.63) is 34.7 Å². The first kappa shape index (κ1) is 9.95. The van der Waals surface area contributed by atoms with Crippen molar-refractivity contribution in [3.63, 3.8) is 0 Å². The van der Waals surface area contributed by atoms with Gasteiger partial charge in [-0.1, -0.05) is 25.2 Å². The number of hydrogen-bond donors (Lipinski definition) is 0. The first-order valence-corrected chi connectivity index (χ1v) is 6.42. The molecule has 0 aliphatic carbocycles. The Labute approximate surface area is 97.5 Å². The molecule has 3 rings (SSSR count). The number of allylic oxidation sites excluding steroid dienone is 2. The van der Waals surface area contributed by atoms with Gasteiger partial charge in [0, 0.05) is 17.4 Å². The van der Waals surface area contributed by atoms with Gasteiger partial charge in [-0.15, -0.1) is 0 Å². The van der Waals surface area contributed by atoms with Crippen LogP contribution >= 0.6 is 0 Å². The van der Waals surface area contributed by atoms with Crippen LogP contribution in [0, 0.1) is 0 Å². The number of rotatable bonds is 2. The molecule has 0 bridgehead atoms. The van der Waals surface area contributed by atoms with E-state index in [-0.39, 0.29) is 0 Å². The minimum Gasteiger partial charge on any atom is -0.341 e. The molecule has 1 heteroatoms. The average Bonchev–Trinajstić information content (AvgIpc) is 2.85. The van der Waals surface area contributed by atoms with Gasteiger partial charge in [0.25, 0.3) is 0 Å². The lowest BCUT2D eigenvalue weighted by Crippen LogP contribution is -2.08. The first-order chi connectivity index (χ1) is 7.86. The fourth-order valence-electron chi connectivity index (χ4n) is 3.31. The Kier molecular flexibility index (Phi) is 2.27. The molecule has 0 amide bonds. The summed E-state index contributed by atoms with van der Waals surface area (Å²) in [6, 6.07) is 0.749. The number of aromatic nitrogens is 1. The van der Waals surface area contributed by atoms with Crippen LogP contribution in [0.15, 0.2) is 12.2 Å². The zero-order chi connectivity index (χ0) is 11.1. The predicted molar refractivity (Wildman–Crippen MR) is 69.5 cm³/mol. The fraction of sp³-hybridized carbons (Fsp3) is 0.467. The van der Waals surface area contributed by atoms with Gasteiger partial charge in [-0.3, -0.25) is 0 Å². The van der Waals surface area contributed by atoms with Gasteiger partial charge in [-0.25, -0.2) is 0 Å². The standard InChI is InChI=1S/C15H19N/c1-3-6-13-12(4-2)14-8-5-7-11-9-10-15(13)16(11)14/h3,5-6,8,11H,4,7,9-10H2,1-2H3/b6-3+. The molecular weight excluding hydrogens is 194 g/mol. The van der Waals surface area contributed by atoms with Crippen LogP contribution in [-0.2, 0) is 12.8 Å². The summed E-state index contributed by atoms with van der Waals surface area (Å²) in [7, 11) is 0. The van der Waals surface area contributed by atoms with Gasteiger partial charge < -0.3 is 4.57 Å². The molecule has 1 nitrogen and oxygen atoms in total. The largest absolute Gasteiger partial charge is 0.341 e. The average molecular weight is 213 g/mol. The summed E-state index contributed by atoms with van der Waals surface area (Å²) < 4.78 is 2.61. The van der Waals surface area contributed by atoms with Crippen LogP contribution < -0.4 is 0 Å². The third-order valence-corrected chi connectivity index (χ3v) is 3.95. The van der Waals surface area contributed by atoms with Gasteiger partial charge in [0.1, 0.15) is 0 Å². The molecular formula is C15H19N. The van der Waals surface area contributed by atoms with Crippen molar-refractivity contribution in [3.8, 4) is 0 Å². The predicted octanol–water partition coefficient (Wildman–Crippen LogP) is 3.99. The van der Waals surface area contributed by atoms with Crippen molar-refractivity contribution in [2.24, 2.45) is 0 Å². The molecule has 1 aromatic heterocycles. The van der Waals surface area contributed by atoms with Crippen LogP contribution in [0.2, 0.25) is 0 Å². The van der Waals surface area contributed by atoms with Crippen LogP contribution in [-0.4, -0.2) is 4.57 Å². The topological polar surface area (TPSA) is 4.93 Å². The van der Waals surface area contributed by atoms with Crippen molar-refractivity contribution in [1.29, 1.82) is 0 Å². The Bertz CT molecular complexity index is 474. The molecule has 2 aliphatic rings. The van der Waals surface area contributed by atoms with Crippen LogP contribution in [0.25, 0.3) is 12.2 Å². The summed E-state index contributed by atoms with van der Waals surface area (Å²) in [6.45, 7) is 4.39. The quantitative estimate of drug-likeness (QED) is 0.700. The van der Waals surface area contributed by atoms with E-state index in [2.05, 4.69) is 42.7 Å². The fourth-order valence-corrected chi connectivity index (χ4v) is 3.31. The Morgan fingerprint density at radius 1 is 1.50 bits per heavy atom. The summed E-state index contributed by atoms with van der Waals surface area (Å²) in [6.07, 6.45) is 14.1. The highest BCUT2D eigenvalue weighted by Crippen LogP contribution is 2.41. The van der Waals surface area contributed by atoms with Gasteiger partial charge >= 0.3 is 0 Å². The third-order valence-electron chi connectivity index (χ3n) is 3.95. The summed E-state index contributed by atoms with van der Waals surface area (Å²) in [5.74, 6) is 0. The van der Waals surface area contributed by atoms with E-state index in [0.717, 1.165) is 12.5 Å². The summed E-state index contributed by atoms with van der Waals surface area (Å²) >= 11 is 0. The van der Waals surface area contributed by atoms with Crippen molar-refractivity contribution in [1.82, 2.24) is 4.57 Å². The highest BCUT2D eigenvalue weighted by molar-refractivity contribution is 5.67. The van der Waals surface area contributed by atoms with E-state index in [1.807, 2.05) is 0 Å². The van der Waals surface area contributed by atoms with Crippen LogP contribution in [0.5, 0.6) is 0 Å². The highest BCUT2D eigenvalue weighted by Gasteiger charge is 2.30. The molecule has 84 valence electrons. The monoisotopic (exact) mass is 213 g/mol. The van der Waals surface area contributed by atoms with Gasteiger partial charge in [0.2, 0.25) is 0 Å². The van der Waals surface area contributed by atoms with Crippen molar-refractivity contribution in [2.75, 3.05) is 0 Å². The lowest BCUT2D eigenvalue weighted by molar-refractivity contribution is 0.524. The molecule has 0 fully saturated rings. The first-order valence-electron chi connectivity index (χ1n) is 6.42. The van der Waals surface area contributed by atoms with E-state index in [9.17, 15) is 0 Å². The van der Waals surface area contributed by atoms with Crippen molar-refractivity contribution < 1.29 is 0 Å². The lowest BCUT2D eigenvalue weighted by atomic mass is 9.99. The van der Waals surface area contributed by atoms with E-state index in [4.69, 9.17) is 0 Å². The molecule has 0 radical (unpaired) electrons. The molecule has 0 saturated heterocycles. The molecule has 16 heavy (non-hydrogen) atoms. The molecule has 1 unspecified atom stereocenters. The second-order valence-electron chi connectivity index (χ2n) is 4.78. The second kappa shape index (κ2) is 3.65. The minimum absolute atomic E-state index is 0.749. The second-order valence-corrected chi connectivity index (χ2v) is 4.78. The number of hydrogen-bond acceptors (Lipinski definition) is 0. The van der Waals surface area contributed by atoms with E-state index in [1.54, 1.807) is 11.3 Å². The molecule has 2 aliphatic heterocycles. The maximum Gasteiger partial charge on any atom is 0.0447 e. The van der Waals surface area contributed by atoms with Crippen LogP contribution in [0.3, 0.4) is 0 Å². The van der Waals surface area contributed by atoms with Gasteiger partial charge in [-0.2, -0.15) is 0 Å².